The average Bonchev–Trinajstić information content (AvgIpc) is 2.99. The van der Waals surface area contributed by atoms with Gasteiger partial charge < -0.3 is 10.6 Å². The molecule has 1 aromatic rings. The van der Waals surface area contributed by atoms with E-state index in [0.717, 1.165) is 31.2 Å². The zero-order chi connectivity index (χ0) is 15.1. The summed E-state index contributed by atoms with van der Waals surface area (Å²) in [6.45, 7) is 0.854. The normalized spacial score (nSPS) is 14.9. The number of carbonyl (C=O) groups excluding carboxylic acids is 2. The molecule has 0 aliphatic heterocycles. The molecule has 0 unspecified atom stereocenters. The SMILES string of the molecule is O=C(CCNC(=O)C1CCCC1)NCc1cccc(Cl)c1. The maximum Gasteiger partial charge on any atom is 0.223 e. The third-order valence-corrected chi connectivity index (χ3v) is 3.99. The van der Waals surface area contributed by atoms with Crippen LogP contribution in [0.2, 0.25) is 5.02 Å². The number of carbonyl (C=O) groups is 2. The Labute approximate surface area is 130 Å². The molecule has 2 N–H and O–H groups in total. The third-order valence-electron chi connectivity index (χ3n) is 3.76. The zero-order valence-corrected chi connectivity index (χ0v) is 12.8. The van der Waals surface area contributed by atoms with E-state index in [-0.39, 0.29) is 17.7 Å². The van der Waals surface area contributed by atoms with E-state index in [2.05, 4.69) is 10.6 Å². The minimum absolute atomic E-state index is 0.0679. The summed E-state index contributed by atoms with van der Waals surface area (Å²) < 4.78 is 0. The van der Waals surface area contributed by atoms with Crippen LogP contribution in [0.5, 0.6) is 0 Å². The van der Waals surface area contributed by atoms with Crippen molar-refractivity contribution in [1.82, 2.24) is 10.6 Å². The van der Waals surface area contributed by atoms with Crippen molar-refractivity contribution in [2.45, 2.75) is 38.6 Å². The molecule has 1 aliphatic rings. The molecule has 0 spiro atoms. The van der Waals surface area contributed by atoms with Crippen LogP contribution in [-0.4, -0.2) is 18.4 Å². The Kier molecular flexibility index (Phi) is 6.05. The number of benzene rings is 1. The molecule has 0 bridgehead atoms. The van der Waals surface area contributed by atoms with Gasteiger partial charge in [-0.3, -0.25) is 9.59 Å². The van der Waals surface area contributed by atoms with Gasteiger partial charge in [0.2, 0.25) is 11.8 Å². The number of hydrogen-bond acceptors (Lipinski definition) is 2. The summed E-state index contributed by atoms with van der Waals surface area (Å²) in [4.78, 5) is 23.5. The van der Waals surface area contributed by atoms with Crippen LogP contribution in [0.25, 0.3) is 0 Å². The molecule has 0 atom stereocenters. The van der Waals surface area contributed by atoms with Crippen molar-refractivity contribution in [2.75, 3.05) is 6.54 Å². The van der Waals surface area contributed by atoms with Crippen molar-refractivity contribution < 1.29 is 9.59 Å². The van der Waals surface area contributed by atoms with E-state index >= 15 is 0 Å². The first-order chi connectivity index (χ1) is 10.1. The van der Waals surface area contributed by atoms with E-state index in [0.29, 0.717) is 24.5 Å². The highest BCUT2D eigenvalue weighted by Gasteiger charge is 2.22. The second-order valence-corrected chi connectivity index (χ2v) is 5.87. The van der Waals surface area contributed by atoms with Gasteiger partial charge in [-0.25, -0.2) is 0 Å². The van der Waals surface area contributed by atoms with Crippen molar-refractivity contribution in [1.29, 1.82) is 0 Å². The van der Waals surface area contributed by atoms with Crippen LogP contribution in [0.4, 0.5) is 0 Å². The van der Waals surface area contributed by atoms with Gasteiger partial charge in [-0.05, 0) is 30.5 Å². The highest BCUT2D eigenvalue weighted by atomic mass is 35.5. The van der Waals surface area contributed by atoms with Crippen LogP contribution >= 0.6 is 11.6 Å². The quantitative estimate of drug-likeness (QED) is 0.849. The molecule has 5 heteroatoms. The molecule has 0 heterocycles. The van der Waals surface area contributed by atoms with Crippen molar-refractivity contribution in [2.24, 2.45) is 5.92 Å². The van der Waals surface area contributed by atoms with Gasteiger partial charge in [-0.1, -0.05) is 36.6 Å². The fraction of sp³-hybridized carbons (Fsp3) is 0.500. The molecule has 4 nitrogen and oxygen atoms in total. The van der Waals surface area contributed by atoms with Crippen molar-refractivity contribution >= 4 is 23.4 Å². The first-order valence-electron chi connectivity index (χ1n) is 7.44. The van der Waals surface area contributed by atoms with Gasteiger partial charge in [-0.15, -0.1) is 0 Å². The Balaban J connectivity index is 1.62. The van der Waals surface area contributed by atoms with Crippen LogP contribution in [0.3, 0.4) is 0 Å². The summed E-state index contributed by atoms with van der Waals surface area (Å²) >= 11 is 5.88. The van der Waals surface area contributed by atoms with Crippen molar-refractivity contribution in [3.63, 3.8) is 0 Å². The summed E-state index contributed by atoms with van der Waals surface area (Å²) in [5.74, 6) is 0.177. The Morgan fingerprint density at radius 3 is 2.67 bits per heavy atom. The van der Waals surface area contributed by atoms with E-state index in [1.165, 1.54) is 0 Å². The van der Waals surface area contributed by atoms with Crippen molar-refractivity contribution in [3.05, 3.63) is 34.9 Å². The molecule has 2 rings (SSSR count). The first-order valence-corrected chi connectivity index (χ1v) is 7.82. The van der Waals surface area contributed by atoms with Crippen LogP contribution in [0.15, 0.2) is 24.3 Å². The second kappa shape index (κ2) is 8.03. The van der Waals surface area contributed by atoms with E-state index in [9.17, 15) is 9.59 Å². The molecule has 0 saturated heterocycles. The maximum atomic E-state index is 11.8. The number of rotatable bonds is 6. The Hall–Kier alpha value is -1.55. The smallest absolute Gasteiger partial charge is 0.223 e. The summed E-state index contributed by atoms with van der Waals surface area (Å²) in [5, 5.41) is 6.32. The van der Waals surface area contributed by atoms with Gasteiger partial charge in [0.25, 0.3) is 0 Å². The number of nitrogens with one attached hydrogen (secondary N) is 2. The lowest BCUT2D eigenvalue weighted by molar-refractivity contribution is -0.125. The van der Waals surface area contributed by atoms with Crippen molar-refractivity contribution in [3.8, 4) is 0 Å². The van der Waals surface area contributed by atoms with Gasteiger partial charge in [0, 0.05) is 30.5 Å². The molecule has 2 amide bonds. The molecule has 1 fully saturated rings. The summed E-state index contributed by atoms with van der Waals surface area (Å²) in [6, 6.07) is 7.38. The van der Waals surface area contributed by atoms with E-state index in [4.69, 9.17) is 11.6 Å². The average molecular weight is 309 g/mol. The molecule has 1 aliphatic carbocycles. The molecular weight excluding hydrogens is 288 g/mol. The molecule has 1 saturated carbocycles. The van der Waals surface area contributed by atoms with Gasteiger partial charge in [-0.2, -0.15) is 0 Å². The Morgan fingerprint density at radius 1 is 1.19 bits per heavy atom. The monoisotopic (exact) mass is 308 g/mol. The lowest BCUT2D eigenvalue weighted by atomic mass is 10.1. The molecule has 114 valence electrons. The van der Waals surface area contributed by atoms with Gasteiger partial charge >= 0.3 is 0 Å². The summed E-state index contributed by atoms with van der Waals surface area (Å²) in [7, 11) is 0. The van der Waals surface area contributed by atoms with E-state index < -0.39 is 0 Å². The predicted molar refractivity (Wildman–Crippen MR) is 82.9 cm³/mol. The van der Waals surface area contributed by atoms with E-state index in [1.54, 1.807) is 6.07 Å². The number of hydrogen-bond donors (Lipinski definition) is 2. The topological polar surface area (TPSA) is 58.2 Å². The minimum Gasteiger partial charge on any atom is -0.355 e. The van der Waals surface area contributed by atoms with Gasteiger partial charge in [0.1, 0.15) is 0 Å². The molecular formula is C16H21ClN2O2. The largest absolute Gasteiger partial charge is 0.355 e. The first kappa shape index (κ1) is 15.8. The zero-order valence-electron chi connectivity index (χ0n) is 12.0. The molecule has 0 aromatic heterocycles. The highest BCUT2D eigenvalue weighted by molar-refractivity contribution is 6.30. The minimum atomic E-state index is -0.0679. The summed E-state index contributed by atoms with van der Waals surface area (Å²) in [5.41, 5.74) is 0.964. The molecule has 21 heavy (non-hydrogen) atoms. The fourth-order valence-electron chi connectivity index (χ4n) is 2.57. The lowest BCUT2D eigenvalue weighted by Crippen LogP contribution is -2.33. The van der Waals surface area contributed by atoms with Crippen LogP contribution in [-0.2, 0) is 16.1 Å². The Bertz CT molecular complexity index is 499. The van der Waals surface area contributed by atoms with Crippen LogP contribution in [0.1, 0.15) is 37.7 Å². The molecule has 0 radical (unpaired) electrons. The van der Waals surface area contributed by atoms with Crippen LogP contribution < -0.4 is 10.6 Å². The maximum absolute atomic E-state index is 11.8. The fourth-order valence-corrected chi connectivity index (χ4v) is 2.78. The second-order valence-electron chi connectivity index (χ2n) is 5.43. The molecule has 1 aromatic carbocycles. The number of amides is 2. The Morgan fingerprint density at radius 2 is 1.95 bits per heavy atom. The van der Waals surface area contributed by atoms with Gasteiger partial charge in [0.05, 0.1) is 0 Å². The summed E-state index contributed by atoms with van der Waals surface area (Å²) in [6.07, 6.45) is 4.54. The standard InChI is InChI=1S/C16H21ClN2O2/c17-14-7-3-4-12(10-14)11-19-15(20)8-9-18-16(21)13-5-1-2-6-13/h3-4,7,10,13H,1-2,5-6,8-9,11H2,(H,18,21)(H,19,20). The predicted octanol–water partition coefficient (Wildman–Crippen LogP) is 2.65. The van der Waals surface area contributed by atoms with Crippen LogP contribution in [0, 0.1) is 5.92 Å². The lowest BCUT2D eigenvalue weighted by Gasteiger charge is -2.10. The van der Waals surface area contributed by atoms with E-state index in [1.807, 2.05) is 18.2 Å². The third kappa shape index (κ3) is 5.38. The highest BCUT2D eigenvalue weighted by Crippen LogP contribution is 2.24. The van der Waals surface area contributed by atoms with Gasteiger partial charge in [0.15, 0.2) is 0 Å². The number of halogens is 1.